The molecule has 0 aliphatic heterocycles. The van der Waals surface area contributed by atoms with Crippen LogP contribution in [0.2, 0.25) is 0 Å². The summed E-state index contributed by atoms with van der Waals surface area (Å²) >= 11 is 1.34. The molecule has 0 aliphatic carbocycles. The zero-order valence-electron chi connectivity index (χ0n) is 16.8. The first-order chi connectivity index (χ1) is 13.5. The zero-order chi connectivity index (χ0) is 20.4. The van der Waals surface area contributed by atoms with E-state index >= 15 is 0 Å². The van der Waals surface area contributed by atoms with Gasteiger partial charge in [0.15, 0.2) is 5.96 Å². The number of benzene rings is 1. The molecule has 0 saturated carbocycles. The fourth-order valence-corrected chi connectivity index (χ4v) is 5.78. The van der Waals surface area contributed by atoms with E-state index < -0.39 is 10.0 Å². The first-order valence-electron chi connectivity index (χ1n) is 9.58. The van der Waals surface area contributed by atoms with Crippen molar-refractivity contribution in [2.45, 2.75) is 30.9 Å². The first kappa shape index (κ1) is 22.4. The number of sulfonamides is 1. The highest BCUT2D eigenvalue weighted by Gasteiger charge is 2.23. The van der Waals surface area contributed by atoms with E-state index in [9.17, 15) is 8.42 Å². The number of nitrogens with one attached hydrogen (secondary N) is 2. The normalized spacial score (nSPS) is 12.4. The fraction of sp³-hybridized carbons (Fsp3) is 0.450. The van der Waals surface area contributed by atoms with E-state index in [-0.39, 0.29) is 0 Å². The molecule has 0 spiro atoms. The van der Waals surface area contributed by atoms with Gasteiger partial charge in [-0.1, -0.05) is 44.2 Å². The average molecular weight is 423 g/mol. The fourth-order valence-electron chi connectivity index (χ4n) is 2.82. The molecule has 2 N–H and O–H groups in total. The minimum Gasteiger partial charge on any atom is -0.356 e. The number of aliphatic imine (C=N–C) groups is 1. The third-order valence-electron chi connectivity index (χ3n) is 4.37. The van der Waals surface area contributed by atoms with Crippen LogP contribution in [0.1, 0.15) is 24.3 Å². The van der Waals surface area contributed by atoms with Crippen LogP contribution in [0.25, 0.3) is 0 Å². The summed E-state index contributed by atoms with van der Waals surface area (Å²) < 4.78 is 27.0. The standard InChI is InChI=1S/C20H30N4O2S2/c1-4-24(5-2)28(25,26)19-12-11-18(27-19)14-16-23-20(21-3)22-15-13-17-9-7-6-8-10-17/h6-12H,4-5,13-16H2,1-3H3,(H2,21,22,23). The van der Waals surface area contributed by atoms with Crippen LogP contribution in [0, 0.1) is 0 Å². The highest BCUT2D eigenvalue weighted by molar-refractivity contribution is 7.91. The molecule has 2 aromatic rings. The Kier molecular flexibility index (Phi) is 8.95. The van der Waals surface area contributed by atoms with Gasteiger partial charge < -0.3 is 10.6 Å². The smallest absolute Gasteiger partial charge is 0.252 e. The van der Waals surface area contributed by atoms with E-state index in [2.05, 4.69) is 27.8 Å². The molecule has 154 valence electrons. The van der Waals surface area contributed by atoms with Gasteiger partial charge in [-0.2, -0.15) is 4.31 Å². The van der Waals surface area contributed by atoms with Gasteiger partial charge >= 0.3 is 0 Å². The van der Waals surface area contributed by atoms with Crippen LogP contribution in [0.3, 0.4) is 0 Å². The average Bonchev–Trinajstić information content (AvgIpc) is 3.18. The van der Waals surface area contributed by atoms with Crippen LogP contribution in [-0.2, 0) is 22.9 Å². The van der Waals surface area contributed by atoms with Gasteiger partial charge in [-0.05, 0) is 30.5 Å². The van der Waals surface area contributed by atoms with Crippen molar-refractivity contribution in [1.29, 1.82) is 0 Å². The van der Waals surface area contributed by atoms with Crippen molar-refractivity contribution < 1.29 is 8.42 Å². The molecule has 0 atom stereocenters. The number of hydrogen-bond donors (Lipinski definition) is 2. The quantitative estimate of drug-likeness (QED) is 0.456. The molecule has 0 unspecified atom stereocenters. The Morgan fingerprint density at radius 3 is 2.25 bits per heavy atom. The molecule has 0 radical (unpaired) electrons. The van der Waals surface area contributed by atoms with Crippen LogP contribution in [-0.4, -0.2) is 51.9 Å². The van der Waals surface area contributed by atoms with Crippen molar-refractivity contribution in [3.63, 3.8) is 0 Å². The van der Waals surface area contributed by atoms with E-state index in [1.54, 1.807) is 13.1 Å². The summed E-state index contributed by atoms with van der Waals surface area (Å²) in [6.45, 7) is 6.17. The third kappa shape index (κ3) is 6.32. The first-order valence-corrected chi connectivity index (χ1v) is 11.8. The van der Waals surface area contributed by atoms with E-state index in [4.69, 9.17) is 0 Å². The van der Waals surface area contributed by atoms with Crippen LogP contribution in [0.5, 0.6) is 0 Å². The van der Waals surface area contributed by atoms with Gasteiger partial charge in [0.1, 0.15) is 4.21 Å². The second-order valence-corrected chi connectivity index (χ2v) is 9.55. The molecule has 2 rings (SSSR count). The maximum Gasteiger partial charge on any atom is 0.252 e. The molecule has 1 aromatic carbocycles. The molecule has 1 heterocycles. The van der Waals surface area contributed by atoms with Crippen molar-refractivity contribution in [3.8, 4) is 0 Å². The summed E-state index contributed by atoms with van der Waals surface area (Å²) in [5.74, 6) is 0.753. The van der Waals surface area contributed by atoms with Crippen LogP contribution >= 0.6 is 11.3 Å². The summed E-state index contributed by atoms with van der Waals surface area (Å²) in [5.41, 5.74) is 1.28. The lowest BCUT2D eigenvalue weighted by Gasteiger charge is -2.16. The van der Waals surface area contributed by atoms with Crippen molar-refractivity contribution in [1.82, 2.24) is 14.9 Å². The van der Waals surface area contributed by atoms with Crippen molar-refractivity contribution in [3.05, 3.63) is 52.9 Å². The van der Waals surface area contributed by atoms with Crippen molar-refractivity contribution in [2.75, 3.05) is 33.2 Å². The van der Waals surface area contributed by atoms with Crippen LogP contribution in [0.15, 0.2) is 51.7 Å². The number of nitrogens with zero attached hydrogens (tertiary/aromatic N) is 2. The SMILES string of the molecule is CCN(CC)S(=O)(=O)c1ccc(CCNC(=NC)NCCc2ccccc2)s1. The third-order valence-corrected chi connectivity index (χ3v) is 8.04. The summed E-state index contributed by atoms with van der Waals surface area (Å²) in [7, 11) is -1.62. The second-order valence-electron chi connectivity index (χ2n) is 6.22. The topological polar surface area (TPSA) is 73.8 Å². The summed E-state index contributed by atoms with van der Waals surface area (Å²) in [6, 6.07) is 13.9. The van der Waals surface area contributed by atoms with Gasteiger partial charge in [0.05, 0.1) is 0 Å². The van der Waals surface area contributed by atoms with Gasteiger partial charge in [0.2, 0.25) is 0 Å². The molecule has 0 amide bonds. The lowest BCUT2D eigenvalue weighted by atomic mass is 10.1. The molecule has 6 nitrogen and oxygen atoms in total. The number of rotatable bonds is 10. The molecule has 0 bridgehead atoms. The molecule has 0 fully saturated rings. The highest BCUT2D eigenvalue weighted by atomic mass is 32.2. The summed E-state index contributed by atoms with van der Waals surface area (Å²) in [6.07, 6.45) is 1.68. The van der Waals surface area contributed by atoms with Gasteiger partial charge in [-0.25, -0.2) is 8.42 Å². The molecular formula is C20H30N4O2S2. The van der Waals surface area contributed by atoms with Gasteiger partial charge in [0, 0.05) is 38.1 Å². The Balaban J connectivity index is 1.80. The number of thiophene rings is 1. The lowest BCUT2D eigenvalue weighted by Crippen LogP contribution is -2.39. The largest absolute Gasteiger partial charge is 0.356 e. The van der Waals surface area contributed by atoms with E-state index in [1.807, 2.05) is 38.1 Å². The minimum absolute atomic E-state index is 0.413. The molecule has 28 heavy (non-hydrogen) atoms. The predicted octanol–water partition coefficient (Wildman–Crippen LogP) is 2.73. The number of hydrogen-bond acceptors (Lipinski definition) is 4. The van der Waals surface area contributed by atoms with E-state index in [1.165, 1.54) is 21.2 Å². The second kappa shape index (κ2) is 11.2. The Hall–Kier alpha value is -1.90. The molecular weight excluding hydrogens is 392 g/mol. The van der Waals surface area contributed by atoms with Gasteiger partial charge in [-0.15, -0.1) is 11.3 Å². The van der Waals surface area contributed by atoms with Crippen LogP contribution in [0.4, 0.5) is 0 Å². The maximum absolute atomic E-state index is 12.6. The lowest BCUT2D eigenvalue weighted by molar-refractivity contribution is 0.447. The molecule has 8 heteroatoms. The maximum atomic E-state index is 12.6. The Morgan fingerprint density at radius 1 is 1.00 bits per heavy atom. The van der Waals surface area contributed by atoms with E-state index in [0.717, 1.165) is 30.2 Å². The van der Waals surface area contributed by atoms with Gasteiger partial charge in [-0.3, -0.25) is 4.99 Å². The summed E-state index contributed by atoms with van der Waals surface area (Å²) in [4.78, 5) is 5.28. The molecule has 0 saturated heterocycles. The molecule has 0 aliphatic rings. The Labute approximate surface area is 172 Å². The Morgan fingerprint density at radius 2 is 1.64 bits per heavy atom. The zero-order valence-corrected chi connectivity index (χ0v) is 18.4. The summed E-state index contributed by atoms with van der Waals surface area (Å²) in [5, 5.41) is 6.59. The Bertz CT molecular complexity index is 844. The monoisotopic (exact) mass is 422 g/mol. The van der Waals surface area contributed by atoms with Crippen molar-refractivity contribution >= 4 is 27.3 Å². The van der Waals surface area contributed by atoms with Crippen molar-refractivity contribution in [2.24, 2.45) is 4.99 Å². The van der Waals surface area contributed by atoms with E-state index in [0.29, 0.717) is 23.8 Å². The van der Waals surface area contributed by atoms with Crippen LogP contribution < -0.4 is 10.6 Å². The minimum atomic E-state index is -3.37. The number of guanidine groups is 1. The highest BCUT2D eigenvalue weighted by Crippen LogP contribution is 2.25. The predicted molar refractivity (Wildman–Crippen MR) is 118 cm³/mol. The molecule has 1 aromatic heterocycles. The van der Waals surface area contributed by atoms with Gasteiger partial charge in [0.25, 0.3) is 10.0 Å².